The molecule has 3 nitrogen and oxygen atoms in total. The van der Waals surface area contributed by atoms with Crippen molar-refractivity contribution in [2.45, 2.75) is 19.3 Å². The molecule has 0 radical (unpaired) electrons. The minimum Gasteiger partial charge on any atom is -0.437 e. The average molecular weight is 230 g/mol. The maximum atomic E-state index is 9.92. The number of rotatable bonds is 3. The van der Waals surface area contributed by atoms with Gasteiger partial charge in [0.05, 0.1) is 0 Å². The lowest BCUT2D eigenvalue weighted by Gasteiger charge is -2.33. The van der Waals surface area contributed by atoms with Crippen LogP contribution in [0.4, 0.5) is 0 Å². The summed E-state index contributed by atoms with van der Waals surface area (Å²) in [7, 11) is -0.392. The van der Waals surface area contributed by atoms with Crippen LogP contribution in [-0.2, 0) is 0 Å². The molecule has 3 atom stereocenters. The van der Waals surface area contributed by atoms with Crippen LogP contribution < -0.4 is 5.73 Å². The molecule has 3 unspecified atom stereocenters. The van der Waals surface area contributed by atoms with Crippen LogP contribution in [0, 0.1) is 11.3 Å². The van der Waals surface area contributed by atoms with Gasteiger partial charge in [-0.15, -0.1) is 0 Å². The molecule has 1 heterocycles. The van der Waals surface area contributed by atoms with Crippen LogP contribution in [0.2, 0.25) is 6.82 Å². The third kappa shape index (κ3) is 1.55. The zero-order valence-electron chi connectivity index (χ0n) is 10.2. The molecule has 1 aromatic carbocycles. The first-order valence-electron chi connectivity index (χ1n) is 6.38. The maximum absolute atomic E-state index is 9.92. The highest BCUT2D eigenvalue weighted by molar-refractivity contribution is 6.45. The van der Waals surface area contributed by atoms with Gasteiger partial charge in [-0.3, -0.25) is 0 Å². The fraction of sp³-hybridized carbons (Fsp3) is 0.538. The highest BCUT2D eigenvalue weighted by Crippen LogP contribution is 2.66. The largest absolute Gasteiger partial charge is 0.437 e. The van der Waals surface area contributed by atoms with E-state index in [-0.39, 0.29) is 5.41 Å². The number of hydrogen-bond donors (Lipinski definition) is 2. The molecule has 0 amide bonds. The number of piperidine rings is 1. The van der Waals surface area contributed by atoms with Crippen molar-refractivity contribution >= 4 is 7.05 Å². The van der Waals surface area contributed by atoms with Gasteiger partial charge in [0, 0.05) is 18.0 Å². The van der Waals surface area contributed by atoms with Gasteiger partial charge in [-0.25, -0.2) is 0 Å². The monoisotopic (exact) mass is 230 g/mol. The Labute approximate surface area is 103 Å². The number of nitrogens with zero attached hydrogens (tertiary/aromatic N) is 1. The van der Waals surface area contributed by atoms with E-state index in [9.17, 15) is 5.02 Å². The molecule has 0 aromatic heterocycles. The van der Waals surface area contributed by atoms with E-state index in [0.29, 0.717) is 12.0 Å². The number of nitrogens with two attached hydrogens (primary N) is 1. The summed E-state index contributed by atoms with van der Waals surface area (Å²) in [5.41, 5.74) is 7.50. The Kier molecular flexibility index (Phi) is 2.54. The Morgan fingerprint density at radius 1 is 1.47 bits per heavy atom. The third-order valence-corrected chi connectivity index (χ3v) is 4.56. The smallest absolute Gasteiger partial charge is 0.376 e. The van der Waals surface area contributed by atoms with Crippen molar-refractivity contribution in [3.8, 4) is 0 Å². The maximum Gasteiger partial charge on any atom is 0.376 e. The van der Waals surface area contributed by atoms with Crippen LogP contribution in [0.15, 0.2) is 30.3 Å². The SMILES string of the molecule is CB(O)N1CC2CC2(CN)C1c1ccccc1. The topological polar surface area (TPSA) is 49.5 Å². The van der Waals surface area contributed by atoms with Crippen molar-refractivity contribution < 1.29 is 5.02 Å². The van der Waals surface area contributed by atoms with E-state index in [4.69, 9.17) is 5.73 Å². The van der Waals surface area contributed by atoms with Crippen molar-refractivity contribution in [2.75, 3.05) is 13.1 Å². The Hall–Kier alpha value is -0.835. The van der Waals surface area contributed by atoms with Crippen LogP contribution in [-0.4, -0.2) is 30.0 Å². The molecule has 4 heteroatoms. The van der Waals surface area contributed by atoms with Crippen molar-refractivity contribution in [2.24, 2.45) is 17.1 Å². The van der Waals surface area contributed by atoms with E-state index in [2.05, 4.69) is 29.1 Å². The molecule has 0 spiro atoms. The van der Waals surface area contributed by atoms with Crippen molar-refractivity contribution in [1.29, 1.82) is 0 Å². The van der Waals surface area contributed by atoms with Crippen molar-refractivity contribution in [3.05, 3.63) is 35.9 Å². The van der Waals surface area contributed by atoms with E-state index in [1.165, 1.54) is 12.0 Å². The van der Waals surface area contributed by atoms with Gasteiger partial charge in [0.15, 0.2) is 0 Å². The summed E-state index contributed by atoms with van der Waals surface area (Å²) in [6.45, 7) is 3.56. The molecule has 1 saturated heterocycles. The summed E-state index contributed by atoms with van der Waals surface area (Å²) in [5, 5.41) is 9.92. The predicted octanol–water partition coefficient (Wildman–Crippen LogP) is 1.12. The van der Waals surface area contributed by atoms with Gasteiger partial charge in [-0.05, 0) is 31.3 Å². The summed E-state index contributed by atoms with van der Waals surface area (Å²) in [6, 6.07) is 10.8. The highest BCUT2D eigenvalue weighted by atomic mass is 16.2. The molecule has 1 aliphatic heterocycles. The Morgan fingerprint density at radius 2 is 2.18 bits per heavy atom. The van der Waals surface area contributed by atoms with Gasteiger partial charge in [-0.1, -0.05) is 30.3 Å². The summed E-state index contributed by atoms with van der Waals surface area (Å²) < 4.78 is 0. The van der Waals surface area contributed by atoms with Gasteiger partial charge in [-0.2, -0.15) is 0 Å². The van der Waals surface area contributed by atoms with Crippen molar-refractivity contribution in [1.82, 2.24) is 4.81 Å². The highest BCUT2D eigenvalue weighted by Gasteiger charge is 2.65. The van der Waals surface area contributed by atoms with Gasteiger partial charge in [0.25, 0.3) is 0 Å². The van der Waals surface area contributed by atoms with E-state index in [1.54, 1.807) is 0 Å². The summed E-state index contributed by atoms with van der Waals surface area (Å²) in [5.74, 6) is 0.673. The van der Waals surface area contributed by atoms with Gasteiger partial charge in [0.2, 0.25) is 0 Å². The van der Waals surface area contributed by atoms with Gasteiger partial charge >= 0.3 is 7.05 Å². The molecule has 0 bridgehead atoms. The number of fused-ring (bicyclic) bond motifs is 1. The van der Waals surface area contributed by atoms with Gasteiger partial charge < -0.3 is 15.6 Å². The molecule has 90 valence electrons. The van der Waals surface area contributed by atoms with Crippen LogP contribution in [0.1, 0.15) is 18.0 Å². The fourth-order valence-corrected chi connectivity index (χ4v) is 3.56. The van der Waals surface area contributed by atoms with Crippen LogP contribution in [0.5, 0.6) is 0 Å². The second-order valence-electron chi connectivity index (χ2n) is 5.48. The zero-order chi connectivity index (χ0) is 12.0. The molecule has 2 aliphatic rings. The minimum absolute atomic E-state index is 0.221. The molecule has 3 rings (SSSR count). The van der Waals surface area contributed by atoms with E-state index >= 15 is 0 Å². The summed E-state index contributed by atoms with van der Waals surface area (Å²) >= 11 is 0. The third-order valence-electron chi connectivity index (χ3n) is 4.56. The minimum atomic E-state index is -0.392. The second-order valence-corrected chi connectivity index (χ2v) is 5.48. The first kappa shape index (κ1) is 11.3. The zero-order valence-corrected chi connectivity index (χ0v) is 10.2. The second kappa shape index (κ2) is 3.84. The van der Waals surface area contributed by atoms with Crippen molar-refractivity contribution in [3.63, 3.8) is 0 Å². The molecule has 2 fully saturated rings. The lowest BCUT2D eigenvalue weighted by Crippen LogP contribution is -2.41. The molecule has 17 heavy (non-hydrogen) atoms. The lowest BCUT2D eigenvalue weighted by atomic mass is 9.79. The molecular weight excluding hydrogens is 211 g/mol. The van der Waals surface area contributed by atoms with Crippen LogP contribution in [0.25, 0.3) is 0 Å². The molecular formula is C13H19BN2O. The number of benzene rings is 1. The Balaban J connectivity index is 1.98. The predicted molar refractivity (Wildman–Crippen MR) is 69.3 cm³/mol. The average Bonchev–Trinajstić information content (AvgIpc) is 2.96. The number of hydrogen-bond acceptors (Lipinski definition) is 3. The quantitative estimate of drug-likeness (QED) is 0.765. The molecule has 1 aromatic rings. The summed E-state index contributed by atoms with van der Waals surface area (Å²) in [6.07, 6.45) is 1.21. The summed E-state index contributed by atoms with van der Waals surface area (Å²) in [4.78, 5) is 2.19. The Morgan fingerprint density at radius 3 is 2.76 bits per heavy atom. The standard InChI is InChI=1S/C13H19BN2O/c1-14(17)16-8-11-7-13(11,9-15)12(16)10-5-3-2-4-6-10/h2-6,11-12,17H,7-9,15H2,1H3. The van der Waals surface area contributed by atoms with E-state index in [0.717, 1.165) is 13.1 Å². The Bertz CT molecular complexity index is 407. The van der Waals surface area contributed by atoms with Crippen LogP contribution in [0.3, 0.4) is 0 Å². The lowest BCUT2D eigenvalue weighted by molar-refractivity contribution is 0.262. The molecule has 1 aliphatic carbocycles. The normalized spacial score (nSPS) is 35.7. The van der Waals surface area contributed by atoms with Crippen LogP contribution >= 0.6 is 0 Å². The molecule has 3 N–H and O–H groups in total. The van der Waals surface area contributed by atoms with E-state index in [1.807, 2.05) is 12.9 Å². The first-order valence-corrected chi connectivity index (χ1v) is 6.38. The fourth-order valence-electron chi connectivity index (χ4n) is 3.56. The first-order chi connectivity index (χ1) is 8.19. The van der Waals surface area contributed by atoms with Gasteiger partial charge in [0.1, 0.15) is 0 Å². The van der Waals surface area contributed by atoms with E-state index < -0.39 is 7.05 Å². The molecule has 1 saturated carbocycles.